The van der Waals surface area contributed by atoms with E-state index >= 15 is 0 Å². The van der Waals surface area contributed by atoms with Crippen LogP contribution >= 0.6 is 23.1 Å². The van der Waals surface area contributed by atoms with Gasteiger partial charge in [-0.15, -0.1) is 10.2 Å². The summed E-state index contributed by atoms with van der Waals surface area (Å²) in [6.07, 6.45) is 2.14. The molecule has 1 saturated carbocycles. The van der Waals surface area contributed by atoms with E-state index in [-0.39, 0.29) is 16.8 Å². The number of nitrogens with one attached hydrogen (secondary N) is 2. The number of anilines is 1. The van der Waals surface area contributed by atoms with Crippen molar-refractivity contribution in [1.29, 1.82) is 0 Å². The zero-order chi connectivity index (χ0) is 16.2. The van der Waals surface area contributed by atoms with E-state index in [1.807, 2.05) is 31.2 Å². The van der Waals surface area contributed by atoms with Crippen LogP contribution < -0.4 is 10.6 Å². The van der Waals surface area contributed by atoms with Crippen molar-refractivity contribution in [2.45, 2.75) is 30.1 Å². The molecule has 23 heavy (non-hydrogen) atoms. The number of hydrogen-bond acceptors (Lipinski definition) is 6. The van der Waals surface area contributed by atoms with Gasteiger partial charge in [0.2, 0.25) is 10.9 Å². The van der Waals surface area contributed by atoms with E-state index in [1.165, 1.54) is 23.1 Å². The largest absolute Gasteiger partial charge is 0.353 e. The maximum atomic E-state index is 12.1. The summed E-state index contributed by atoms with van der Waals surface area (Å²) in [5.41, 5.74) is 1.84. The second-order valence-electron chi connectivity index (χ2n) is 5.32. The van der Waals surface area contributed by atoms with Crippen molar-refractivity contribution in [2.75, 3.05) is 11.1 Å². The first-order valence-electron chi connectivity index (χ1n) is 7.24. The molecule has 2 N–H and O–H groups in total. The lowest BCUT2D eigenvalue weighted by atomic mass is 10.2. The van der Waals surface area contributed by atoms with E-state index < -0.39 is 0 Å². The normalized spacial score (nSPS) is 13.6. The van der Waals surface area contributed by atoms with Crippen LogP contribution in [0.3, 0.4) is 0 Å². The summed E-state index contributed by atoms with van der Waals surface area (Å²) in [5, 5.41) is 13.8. The Kier molecular flexibility index (Phi) is 4.92. The van der Waals surface area contributed by atoms with Gasteiger partial charge in [0.1, 0.15) is 0 Å². The van der Waals surface area contributed by atoms with Gasteiger partial charge in [-0.3, -0.25) is 9.59 Å². The highest BCUT2D eigenvalue weighted by Gasteiger charge is 2.23. The van der Waals surface area contributed by atoms with Gasteiger partial charge in [0.15, 0.2) is 4.34 Å². The Morgan fingerprint density at radius 2 is 2.00 bits per heavy atom. The Bertz CT molecular complexity index is 711. The van der Waals surface area contributed by atoms with E-state index in [2.05, 4.69) is 20.8 Å². The highest BCUT2D eigenvalue weighted by atomic mass is 32.2. The minimum absolute atomic E-state index is 0.00152. The zero-order valence-electron chi connectivity index (χ0n) is 12.5. The minimum atomic E-state index is -0.291. The van der Waals surface area contributed by atoms with Crippen molar-refractivity contribution >= 4 is 40.6 Å². The summed E-state index contributed by atoms with van der Waals surface area (Å²) < 4.78 is 0.616. The first kappa shape index (κ1) is 15.9. The smallest absolute Gasteiger partial charge is 0.286 e. The van der Waals surface area contributed by atoms with E-state index in [4.69, 9.17) is 0 Å². The molecule has 0 spiro atoms. The van der Waals surface area contributed by atoms with Crippen molar-refractivity contribution in [3.8, 4) is 0 Å². The fraction of sp³-hybridized carbons (Fsp3) is 0.333. The van der Waals surface area contributed by atoms with Gasteiger partial charge in [-0.05, 0) is 31.9 Å². The molecule has 1 aliphatic rings. The molecule has 0 aliphatic heterocycles. The number of amides is 2. The second kappa shape index (κ2) is 7.10. The number of carbonyl (C=O) groups excluding carboxylic acids is 2. The van der Waals surface area contributed by atoms with Gasteiger partial charge in [0.05, 0.1) is 5.75 Å². The number of benzene rings is 1. The number of nitrogens with zero attached hydrogens (tertiary/aromatic N) is 2. The molecule has 0 unspecified atom stereocenters. The molecular formula is C15H16N4O2S2. The van der Waals surface area contributed by atoms with Crippen LogP contribution in [0.4, 0.5) is 5.69 Å². The van der Waals surface area contributed by atoms with E-state index in [0.717, 1.165) is 18.4 Å². The van der Waals surface area contributed by atoms with Crippen LogP contribution in [0, 0.1) is 6.92 Å². The molecule has 6 nitrogen and oxygen atoms in total. The standard InChI is InChI=1S/C15H16N4O2S2/c1-9-2-4-11(5-3-9)17-13(21)14-18-19-15(23-14)22-8-12(20)16-10-6-7-10/h2-5,10H,6-8H2,1H3,(H,16,20)(H,17,21). The summed E-state index contributed by atoms with van der Waals surface area (Å²) in [5.74, 6) is 0.00374. The molecule has 1 heterocycles. The fourth-order valence-electron chi connectivity index (χ4n) is 1.81. The summed E-state index contributed by atoms with van der Waals surface area (Å²) in [4.78, 5) is 23.7. The maximum Gasteiger partial charge on any atom is 0.286 e. The van der Waals surface area contributed by atoms with Gasteiger partial charge in [-0.25, -0.2) is 0 Å². The molecule has 2 amide bonds. The number of rotatable bonds is 6. The molecule has 0 atom stereocenters. The van der Waals surface area contributed by atoms with Crippen LogP contribution in [-0.2, 0) is 4.79 Å². The number of aryl methyl sites for hydroxylation is 1. The lowest BCUT2D eigenvalue weighted by molar-refractivity contribution is -0.118. The third-order valence-electron chi connectivity index (χ3n) is 3.18. The molecule has 1 fully saturated rings. The molecule has 0 radical (unpaired) electrons. The van der Waals surface area contributed by atoms with Crippen molar-refractivity contribution in [2.24, 2.45) is 0 Å². The van der Waals surface area contributed by atoms with Gasteiger partial charge in [0, 0.05) is 11.7 Å². The molecule has 0 saturated heterocycles. The first-order chi connectivity index (χ1) is 11.1. The van der Waals surface area contributed by atoms with Crippen molar-refractivity contribution in [1.82, 2.24) is 15.5 Å². The number of thioether (sulfide) groups is 1. The molecule has 1 aromatic heterocycles. The SMILES string of the molecule is Cc1ccc(NC(=O)c2nnc(SCC(=O)NC3CC3)s2)cc1. The molecule has 8 heteroatoms. The van der Waals surface area contributed by atoms with Gasteiger partial charge < -0.3 is 10.6 Å². The Morgan fingerprint density at radius 3 is 2.70 bits per heavy atom. The van der Waals surface area contributed by atoms with Crippen LogP contribution in [0.25, 0.3) is 0 Å². The lowest BCUT2D eigenvalue weighted by Gasteiger charge is -2.02. The van der Waals surface area contributed by atoms with Gasteiger partial charge >= 0.3 is 0 Å². The van der Waals surface area contributed by atoms with Crippen LogP contribution in [0.15, 0.2) is 28.6 Å². The van der Waals surface area contributed by atoms with Crippen LogP contribution in [-0.4, -0.2) is 33.8 Å². The lowest BCUT2D eigenvalue weighted by Crippen LogP contribution is -2.26. The van der Waals surface area contributed by atoms with Crippen LogP contribution in [0.1, 0.15) is 28.2 Å². The third kappa shape index (κ3) is 4.77. The van der Waals surface area contributed by atoms with Crippen LogP contribution in [0.2, 0.25) is 0 Å². The van der Waals surface area contributed by atoms with Crippen LogP contribution in [0.5, 0.6) is 0 Å². The Hall–Kier alpha value is -1.93. The topological polar surface area (TPSA) is 84.0 Å². The van der Waals surface area contributed by atoms with Crippen molar-refractivity contribution in [3.05, 3.63) is 34.8 Å². The fourth-order valence-corrected chi connectivity index (χ4v) is 3.36. The highest BCUT2D eigenvalue weighted by Crippen LogP contribution is 2.24. The Balaban J connectivity index is 1.52. The third-order valence-corrected chi connectivity index (χ3v) is 5.23. The Labute approximate surface area is 142 Å². The summed E-state index contributed by atoms with van der Waals surface area (Å²) in [7, 11) is 0. The molecule has 3 rings (SSSR count). The summed E-state index contributed by atoms with van der Waals surface area (Å²) in [6.45, 7) is 1.99. The van der Waals surface area contributed by atoms with Gasteiger partial charge in [-0.1, -0.05) is 40.8 Å². The second-order valence-corrected chi connectivity index (χ2v) is 7.52. The first-order valence-corrected chi connectivity index (χ1v) is 9.04. The molecule has 2 aromatic rings. The van der Waals surface area contributed by atoms with E-state index in [0.29, 0.717) is 21.8 Å². The predicted molar refractivity (Wildman–Crippen MR) is 90.9 cm³/mol. The molecule has 1 aromatic carbocycles. The number of hydrogen-bond donors (Lipinski definition) is 2. The maximum absolute atomic E-state index is 12.1. The Morgan fingerprint density at radius 1 is 1.26 bits per heavy atom. The number of carbonyl (C=O) groups is 2. The van der Waals surface area contributed by atoms with Crippen molar-refractivity contribution in [3.63, 3.8) is 0 Å². The van der Waals surface area contributed by atoms with E-state index in [9.17, 15) is 9.59 Å². The monoisotopic (exact) mass is 348 g/mol. The average Bonchev–Trinajstić information content (AvgIpc) is 3.21. The highest BCUT2D eigenvalue weighted by molar-refractivity contribution is 8.01. The predicted octanol–water partition coefficient (Wildman–Crippen LogP) is 2.47. The van der Waals surface area contributed by atoms with Gasteiger partial charge in [-0.2, -0.15) is 0 Å². The quantitative estimate of drug-likeness (QED) is 0.784. The summed E-state index contributed by atoms with van der Waals surface area (Å²) >= 11 is 2.49. The van der Waals surface area contributed by atoms with Gasteiger partial charge in [0.25, 0.3) is 5.91 Å². The molecule has 120 valence electrons. The summed E-state index contributed by atoms with van der Waals surface area (Å²) in [6, 6.07) is 7.89. The average molecular weight is 348 g/mol. The molecule has 1 aliphatic carbocycles. The number of aromatic nitrogens is 2. The minimum Gasteiger partial charge on any atom is -0.353 e. The molecule has 0 bridgehead atoms. The van der Waals surface area contributed by atoms with Crippen molar-refractivity contribution < 1.29 is 9.59 Å². The van der Waals surface area contributed by atoms with E-state index in [1.54, 1.807) is 0 Å². The zero-order valence-corrected chi connectivity index (χ0v) is 14.2. The molecular weight excluding hydrogens is 332 g/mol.